The zero-order valence-corrected chi connectivity index (χ0v) is 16.8. The number of hydrogen-bond donors (Lipinski definition) is 0. The number of ether oxygens (including phenoxy) is 1. The van der Waals surface area contributed by atoms with Gasteiger partial charge in [-0.15, -0.1) is 16.8 Å². The largest absolute Gasteiger partial charge is 0.496 e. The van der Waals surface area contributed by atoms with Gasteiger partial charge in [0.25, 0.3) is 0 Å². The summed E-state index contributed by atoms with van der Waals surface area (Å²) in [5, 5.41) is 10.3. The average molecular weight is 424 g/mol. The second-order valence-electron chi connectivity index (χ2n) is 5.57. The molecule has 0 spiro atoms. The lowest BCUT2D eigenvalue weighted by atomic mass is 10.2. The van der Waals surface area contributed by atoms with Crippen LogP contribution in [0.2, 0.25) is 10.0 Å². The van der Waals surface area contributed by atoms with Gasteiger partial charge in [-0.25, -0.2) is 4.39 Å². The van der Waals surface area contributed by atoms with E-state index in [0.717, 1.165) is 11.1 Å². The first-order valence-electron chi connectivity index (χ1n) is 7.98. The molecule has 0 saturated carbocycles. The van der Waals surface area contributed by atoms with Crippen LogP contribution in [0.3, 0.4) is 0 Å². The summed E-state index contributed by atoms with van der Waals surface area (Å²) < 4.78 is 20.6. The number of nitrogens with zero attached hydrogens (tertiary/aromatic N) is 3. The first-order valence-corrected chi connectivity index (χ1v) is 9.72. The minimum atomic E-state index is -0.362. The molecule has 140 valence electrons. The number of allylic oxidation sites excluding steroid dienone is 1. The molecule has 0 fully saturated rings. The minimum absolute atomic E-state index is 0.362. The van der Waals surface area contributed by atoms with Gasteiger partial charge in [0.15, 0.2) is 11.0 Å². The normalized spacial score (nSPS) is 10.8. The Kier molecular flexibility index (Phi) is 6.42. The van der Waals surface area contributed by atoms with Gasteiger partial charge in [0.1, 0.15) is 11.6 Å². The third-order valence-electron chi connectivity index (χ3n) is 3.80. The SMILES string of the molecule is C=CCn1c(SCc2ccc(F)cc2Cl)nnc1-c1cc(Cl)ccc1OC. The quantitative estimate of drug-likeness (QED) is 0.351. The number of halogens is 3. The topological polar surface area (TPSA) is 39.9 Å². The lowest BCUT2D eigenvalue weighted by molar-refractivity contribution is 0.416. The van der Waals surface area contributed by atoms with Crippen LogP contribution in [0.25, 0.3) is 11.4 Å². The first-order chi connectivity index (χ1) is 13.0. The van der Waals surface area contributed by atoms with Crippen molar-refractivity contribution in [3.63, 3.8) is 0 Å². The smallest absolute Gasteiger partial charge is 0.192 e. The summed E-state index contributed by atoms with van der Waals surface area (Å²) in [6, 6.07) is 9.68. The van der Waals surface area contributed by atoms with Gasteiger partial charge in [0.05, 0.1) is 12.7 Å². The van der Waals surface area contributed by atoms with E-state index in [9.17, 15) is 4.39 Å². The predicted octanol–water partition coefficient (Wildman–Crippen LogP) is 5.88. The molecular weight excluding hydrogens is 408 g/mol. The van der Waals surface area contributed by atoms with Crippen LogP contribution in [-0.2, 0) is 12.3 Å². The van der Waals surface area contributed by atoms with E-state index in [1.807, 2.05) is 4.57 Å². The van der Waals surface area contributed by atoms with Crippen LogP contribution in [-0.4, -0.2) is 21.9 Å². The van der Waals surface area contributed by atoms with E-state index in [0.29, 0.717) is 39.1 Å². The zero-order chi connectivity index (χ0) is 19.4. The maximum absolute atomic E-state index is 13.2. The van der Waals surface area contributed by atoms with Gasteiger partial charge in [-0.1, -0.05) is 47.1 Å². The highest BCUT2D eigenvalue weighted by Crippen LogP contribution is 2.34. The van der Waals surface area contributed by atoms with Gasteiger partial charge < -0.3 is 4.74 Å². The number of hydrogen-bond acceptors (Lipinski definition) is 4. The van der Waals surface area contributed by atoms with Gasteiger partial charge in [0.2, 0.25) is 0 Å². The Hall–Kier alpha value is -2.02. The lowest BCUT2D eigenvalue weighted by Crippen LogP contribution is -2.02. The number of methoxy groups -OCH3 is 1. The summed E-state index contributed by atoms with van der Waals surface area (Å²) in [5.41, 5.74) is 1.56. The number of aromatic nitrogens is 3. The standard InChI is InChI=1S/C19H16Cl2FN3OS/c1-3-8-25-18(15-9-13(20)5-7-17(15)26-2)23-24-19(25)27-11-12-4-6-14(22)10-16(12)21/h3-7,9-10H,1,8,11H2,2H3. The Balaban J connectivity index is 1.94. The molecule has 3 rings (SSSR count). The van der Waals surface area contributed by atoms with Crippen LogP contribution in [0, 0.1) is 5.82 Å². The molecule has 27 heavy (non-hydrogen) atoms. The molecule has 4 nitrogen and oxygen atoms in total. The summed E-state index contributed by atoms with van der Waals surface area (Å²) >= 11 is 13.7. The maximum Gasteiger partial charge on any atom is 0.192 e. The van der Waals surface area contributed by atoms with Crippen molar-refractivity contribution in [1.82, 2.24) is 14.8 Å². The van der Waals surface area contributed by atoms with Crippen molar-refractivity contribution in [2.75, 3.05) is 7.11 Å². The molecule has 1 aromatic heterocycles. The third kappa shape index (κ3) is 4.46. The molecule has 0 radical (unpaired) electrons. The highest BCUT2D eigenvalue weighted by atomic mass is 35.5. The maximum atomic E-state index is 13.2. The Morgan fingerprint density at radius 2 is 2.04 bits per heavy atom. The molecule has 3 aromatic rings. The average Bonchev–Trinajstić information content (AvgIpc) is 3.04. The molecule has 0 unspecified atom stereocenters. The fraction of sp³-hybridized carbons (Fsp3) is 0.158. The van der Waals surface area contributed by atoms with Crippen molar-refractivity contribution < 1.29 is 9.13 Å². The predicted molar refractivity (Wildman–Crippen MR) is 108 cm³/mol. The van der Waals surface area contributed by atoms with E-state index < -0.39 is 0 Å². The number of benzene rings is 2. The van der Waals surface area contributed by atoms with Crippen molar-refractivity contribution in [2.45, 2.75) is 17.5 Å². The second kappa shape index (κ2) is 8.78. The van der Waals surface area contributed by atoms with E-state index >= 15 is 0 Å². The molecule has 2 aromatic carbocycles. The monoisotopic (exact) mass is 423 g/mol. The van der Waals surface area contributed by atoms with Crippen molar-refractivity contribution in [3.05, 3.63) is 70.5 Å². The number of thioether (sulfide) groups is 1. The molecule has 0 aliphatic carbocycles. The van der Waals surface area contributed by atoms with Gasteiger partial charge in [0, 0.05) is 22.3 Å². The summed E-state index contributed by atoms with van der Waals surface area (Å²) in [5.74, 6) is 1.44. The van der Waals surface area contributed by atoms with Gasteiger partial charge >= 0.3 is 0 Å². The highest BCUT2D eigenvalue weighted by molar-refractivity contribution is 7.98. The molecule has 0 atom stereocenters. The van der Waals surface area contributed by atoms with Crippen molar-refractivity contribution in [3.8, 4) is 17.1 Å². The fourth-order valence-electron chi connectivity index (χ4n) is 2.52. The number of rotatable bonds is 7. The van der Waals surface area contributed by atoms with Crippen LogP contribution in [0.5, 0.6) is 5.75 Å². The van der Waals surface area contributed by atoms with Crippen LogP contribution in [0.4, 0.5) is 4.39 Å². The molecule has 1 heterocycles. The van der Waals surface area contributed by atoms with Gasteiger partial charge in [-0.05, 0) is 35.9 Å². The molecule has 0 aliphatic rings. The lowest BCUT2D eigenvalue weighted by Gasteiger charge is -2.11. The second-order valence-corrected chi connectivity index (χ2v) is 7.36. The van der Waals surface area contributed by atoms with Crippen molar-refractivity contribution >= 4 is 35.0 Å². The summed E-state index contributed by atoms with van der Waals surface area (Å²) in [4.78, 5) is 0. The van der Waals surface area contributed by atoms with E-state index in [-0.39, 0.29) is 5.82 Å². The molecule has 0 aliphatic heterocycles. The van der Waals surface area contributed by atoms with E-state index in [4.69, 9.17) is 27.9 Å². The molecule has 0 saturated heterocycles. The first kappa shape index (κ1) is 19.7. The van der Waals surface area contributed by atoms with Crippen LogP contribution >= 0.6 is 35.0 Å². The van der Waals surface area contributed by atoms with Crippen molar-refractivity contribution in [1.29, 1.82) is 0 Å². The van der Waals surface area contributed by atoms with Crippen molar-refractivity contribution in [2.24, 2.45) is 0 Å². The van der Waals surface area contributed by atoms with E-state index in [2.05, 4.69) is 16.8 Å². The van der Waals surface area contributed by atoms with E-state index in [1.54, 1.807) is 37.5 Å². The van der Waals surface area contributed by atoms with Gasteiger partial charge in [-0.3, -0.25) is 4.57 Å². The third-order valence-corrected chi connectivity index (χ3v) is 5.41. The zero-order valence-electron chi connectivity index (χ0n) is 14.5. The van der Waals surface area contributed by atoms with E-state index in [1.165, 1.54) is 23.9 Å². The molecule has 0 amide bonds. The molecule has 8 heteroatoms. The minimum Gasteiger partial charge on any atom is -0.496 e. The van der Waals surface area contributed by atoms with Crippen LogP contribution < -0.4 is 4.74 Å². The fourth-order valence-corrected chi connectivity index (χ4v) is 3.96. The summed E-state index contributed by atoms with van der Waals surface area (Å²) in [6.45, 7) is 4.32. The molecular formula is C19H16Cl2FN3OS. The van der Waals surface area contributed by atoms with Crippen LogP contribution in [0.1, 0.15) is 5.56 Å². The Morgan fingerprint density at radius 3 is 2.74 bits per heavy atom. The summed E-state index contributed by atoms with van der Waals surface area (Å²) in [7, 11) is 1.59. The summed E-state index contributed by atoms with van der Waals surface area (Å²) in [6.07, 6.45) is 1.76. The molecule has 0 bridgehead atoms. The Bertz CT molecular complexity index is 978. The highest BCUT2D eigenvalue weighted by Gasteiger charge is 2.18. The molecule has 0 N–H and O–H groups in total. The Labute approximate surface area is 171 Å². The van der Waals surface area contributed by atoms with Crippen LogP contribution in [0.15, 0.2) is 54.2 Å². The Morgan fingerprint density at radius 1 is 1.22 bits per heavy atom. The van der Waals surface area contributed by atoms with Gasteiger partial charge in [-0.2, -0.15) is 0 Å².